The summed E-state index contributed by atoms with van der Waals surface area (Å²) in [5, 5.41) is 4.75. The molecule has 95 heavy (non-hydrogen) atoms. The molecule has 0 unspecified atom stereocenters. The maximum atomic E-state index is 14.0. The van der Waals surface area contributed by atoms with Crippen LogP contribution >= 0.6 is 15.9 Å². The van der Waals surface area contributed by atoms with Gasteiger partial charge in [-0.15, -0.1) is 0 Å². The third kappa shape index (κ3) is 14.6. The second-order valence-electron chi connectivity index (χ2n) is 24.3. The highest BCUT2D eigenvalue weighted by atomic mass is 79.9. The number of ether oxygens (including phenoxy) is 3. The van der Waals surface area contributed by atoms with Gasteiger partial charge >= 0.3 is 13.2 Å². The van der Waals surface area contributed by atoms with Crippen LogP contribution in [0.25, 0.3) is 54.6 Å². The molecule has 0 saturated carbocycles. The quantitative estimate of drug-likeness (QED) is 0.100. The Morgan fingerprint density at radius 2 is 1.11 bits per heavy atom. The van der Waals surface area contributed by atoms with Crippen LogP contribution in [-0.2, 0) is 47.2 Å². The number of sulfonamides is 2. The number of H-pyrrole nitrogens is 1. The summed E-state index contributed by atoms with van der Waals surface area (Å²) in [5.74, 6) is 1.27. The molecule has 1 aliphatic heterocycles. The van der Waals surface area contributed by atoms with Gasteiger partial charge < -0.3 is 28.5 Å². The van der Waals surface area contributed by atoms with Crippen LogP contribution < -0.4 is 23.7 Å². The Balaban J connectivity index is 0.000000149. The molecule has 5 heterocycles. The van der Waals surface area contributed by atoms with E-state index in [9.17, 15) is 30.4 Å². The molecule has 0 atom stereocenters. The molecule has 12 aromatic rings. The second-order valence-corrected chi connectivity index (χ2v) is 28.8. The third-order valence-corrected chi connectivity index (χ3v) is 20.4. The van der Waals surface area contributed by atoms with Crippen molar-refractivity contribution >= 4 is 110 Å². The molecule has 24 heteroatoms. The Bertz CT molecular complexity index is 5010. The largest absolute Gasteiger partial charge is 0.513 e. The number of halogens is 3. The minimum absolute atomic E-state index is 0.0764. The van der Waals surface area contributed by atoms with Gasteiger partial charge in [-0.2, -0.15) is 0 Å². The van der Waals surface area contributed by atoms with Crippen LogP contribution in [0.15, 0.2) is 221 Å². The Hall–Kier alpha value is -9.59. The fraction of sp³-hybridized carbons (Fsp3) is 0.197. The number of carbonyl (C=O) groups excluding carboxylic acids is 1. The lowest BCUT2D eigenvalue weighted by molar-refractivity contribution is 0.00578. The Kier molecular flexibility index (Phi) is 19.0. The highest BCUT2D eigenvalue weighted by molar-refractivity contribution is 9.10. The van der Waals surface area contributed by atoms with Gasteiger partial charge in [-0.3, -0.25) is 4.57 Å². The molecule has 4 aromatic heterocycles. The molecule has 1 fully saturated rings. The van der Waals surface area contributed by atoms with Crippen LogP contribution in [0.4, 0.5) is 25.2 Å². The van der Waals surface area contributed by atoms with Crippen LogP contribution in [0.1, 0.15) is 59.6 Å². The minimum atomic E-state index is -4.00. The van der Waals surface area contributed by atoms with E-state index in [0.717, 1.165) is 59.3 Å². The van der Waals surface area contributed by atoms with Crippen molar-refractivity contribution in [2.24, 2.45) is 0 Å². The van der Waals surface area contributed by atoms with E-state index in [2.05, 4.69) is 40.8 Å². The number of aromatic nitrogens is 6. The van der Waals surface area contributed by atoms with Crippen molar-refractivity contribution in [3.05, 3.63) is 234 Å². The van der Waals surface area contributed by atoms with Gasteiger partial charge in [0.25, 0.3) is 20.0 Å². The number of hydrogen-bond acceptors (Lipinski definition) is 14. The van der Waals surface area contributed by atoms with E-state index in [4.69, 9.17) is 23.5 Å². The van der Waals surface area contributed by atoms with E-state index >= 15 is 0 Å². The van der Waals surface area contributed by atoms with Gasteiger partial charge in [-0.05, 0) is 184 Å². The summed E-state index contributed by atoms with van der Waals surface area (Å²) in [4.78, 5) is 32.8. The zero-order chi connectivity index (χ0) is 67.6. The van der Waals surface area contributed by atoms with Crippen molar-refractivity contribution in [3.8, 4) is 22.8 Å². The Morgan fingerprint density at radius 1 is 0.600 bits per heavy atom. The summed E-state index contributed by atoms with van der Waals surface area (Å²) < 4.78 is 116. The maximum absolute atomic E-state index is 14.0. The first kappa shape index (κ1) is 66.9. The van der Waals surface area contributed by atoms with Crippen LogP contribution in [0, 0.1) is 11.6 Å². The number of rotatable bonds is 14. The van der Waals surface area contributed by atoms with E-state index in [1.165, 1.54) is 62.5 Å². The lowest BCUT2D eigenvalue weighted by Crippen LogP contribution is -2.43. The van der Waals surface area contributed by atoms with Gasteiger partial charge in [0.1, 0.15) is 53.0 Å². The Morgan fingerprint density at radius 3 is 1.62 bits per heavy atom. The predicted molar refractivity (Wildman–Crippen MR) is 369 cm³/mol. The fourth-order valence-corrected chi connectivity index (χ4v) is 14.0. The third-order valence-electron chi connectivity index (χ3n) is 16.2. The average molecular weight is 1380 g/mol. The molecule has 0 aliphatic carbocycles. The topological polar surface area (TPSA) is 210 Å². The summed E-state index contributed by atoms with van der Waals surface area (Å²) in [6.07, 6.45) is 5.14. The number of anilines is 2. The van der Waals surface area contributed by atoms with E-state index < -0.39 is 50.1 Å². The van der Waals surface area contributed by atoms with Gasteiger partial charge in [0.05, 0.1) is 59.4 Å². The first-order valence-electron chi connectivity index (χ1n) is 29.9. The van der Waals surface area contributed by atoms with Gasteiger partial charge in [0, 0.05) is 56.5 Å². The monoisotopic (exact) mass is 1380 g/mol. The number of carbonyl (C=O) groups is 1. The lowest BCUT2D eigenvalue weighted by atomic mass is 9.84. The van der Waals surface area contributed by atoms with Crippen molar-refractivity contribution in [1.82, 2.24) is 29.5 Å². The zero-order valence-corrected chi connectivity index (χ0v) is 56.5. The molecule has 1 N–H and O–H groups in total. The van der Waals surface area contributed by atoms with E-state index in [0.29, 0.717) is 33.8 Å². The van der Waals surface area contributed by atoms with E-state index in [1.807, 2.05) is 94.4 Å². The first-order chi connectivity index (χ1) is 45.2. The predicted octanol–water partition coefficient (Wildman–Crippen LogP) is 15.0. The fourth-order valence-electron chi connectivity index (χ4n) is 10.6. The summed E-state index contributed by atoms with van der Waals surface area (Å²) in [6, 6.07) is 51.6. The highest BCUT2D eigenvalue weighted by Gasteiger charge is 2.53. The molecule has 13 rings (SSSR count). The molecular formula is C71H66BBrF2N8O10S2. The molecule has 0 spiro atoms. The summed E-state index contributed by atoms with van der Waals surface area (Å²) in [5.41, 5.74) is 3.36. The van der Waals surface area contributed by atoms with Crippen molar-refractivity contribution in [3.63, 3.8) is 0 Å². The summed E-state index contributed by atoms with van der Waals surface area (Å²) in [7, 11) is -5.47. The molecular weight excluding hydrogens is 1320 g/mol. The van der Waals surface area contributed by atoms with Crippen molar-refractivity contribution in [2.75, 3.05) is 22.8 Å². The van der Waals surface area contributed by atoms with Crippen LogP contribution in [0.3, 0.4) is 0 Å². The molecule has 0 amide bonds. The van der Waals surface area contributed by atoms with Crippen LogP contribution in [0.2, 0.25) is 0 Å². The second kappa shape index (κ2) is 27.0. The van der Waals surface area contributed by atoms with Crippen molar-refractivity contribution in [2.45, 2.75) is 88.1 Å². The average Bonchev–Trinajstić information content (AvgIpc) is 1.67. The number of aromatic amines is 1. The summed E-state index contributed by atoms with van der Waals surface area (Å²) >= 11 is 3.51. The van der Waals surface area contributed by atoms with Gasteiger partial charge in [-0.1, -0.05) is 82.7 Å². The number of benzene rings is 8. The number of nitrogens with zero attached hydrogens (tertiary/aromatic N) is 7. The molecule has 0 radical (unpaired) electrons. The molecule has 8 aromatic carbocycles. The zero-order valence-electron chi connectivity index (χ0n) is 53.3. The van der Waals surface area contributed by atoms with Crippen molar-refractivity contribution < 1.29 is 53.9 Å². The van der Waals surface area contributed by atoms with E-state index in [-0.39, 0.29) is 40.3 Å². The molecule has 18 nitrogen and oxygen atoms in total. The number of hydrogen-bond donors (Lipinski definition) is 1. The Labute approximate surface area is 557 Å². The minimum Gasteiger partial charge on any atom is -0.497 e. The number of fused-ring (bicyclic) bond motifs is 4. The number of nitrogens with one attached hydrogen (secondary N) is 1. The first-order valence-corrected chi connectivity index (χ1v) is 33.6. The maximum Gasteiger partial charge on any atom is 0.513 e. The lowest BCUT2D eigenvalue weighted by Gasteiger charge is -2.32. The van der Waals surface area contributed by atoms with Gasteiger partial charge in [0.2, 0.25) is 0 Å². The van der Waals surface area contributed by atoms with Crippen LogP contribution in [-0.4, -0.2) is 90.6 Å². The molecule has 1 aliphatic rings. The van der Waals surface area contributed by atoms with Crippen LogP contribution in [0.5, 0.6) is 11.5 Å². The summed E-state index contributed by atoms with van der Waals surface area (Å²) in [6.45, 7) is 13.3. The van der Waals surface area contributed by atoms with Gasteiger partial charge in [0.15, 0.2) is 0 Å². The molecule has 1 saturated heterocycles. The van der Waals surface area contributed by atoms with Crippen molar-refractivity contribution in [1.29, 1.82) is 0 Å². The standard InChI is InChI=1S/C30H23FN4O3S.C22H18BrN3O3S.C19H25BFNO4/c1-38-24-8-5-20(6-9-24)18-35(30-13-14-32-19-33-30)39(36,37)25-10-11-26-21(16-25)3-2-4-27(26)29-17-22-15-23(31)7-12-28(22)34-29;1-29-18-7-5-16(6-8-18)14-26(22-11-12-24-15-25-22)30(27,28)19-9-10-20-17(13-19)3-2-4-21(20)23;1-17(2,3)24-16(23)22-14-9-8-13(21)10-12(14)11-15(22)20-25-18(4,5)19(6,7)26-20/h2-17,19,34H,18H2,1H3;2-13,15H,14H2,1H3;8-11H,1-7H3. The highest BCUT2D eigenvalue weighted by Crippen LogP contribution is 2.38. The SMILES string of the molecule is CC(C)(C)OC(=O)n1c(B2OC(C)(C)C(C)(C)O2)cc2cc(F)ccc21.COc1ccc(CN(c2ccncn2)S(=O)(=O)c2ccc3c(-c4cc5cc(F)ccc5[nH]4)cccc3c2)cc1.COc1ccc(CN(c2ccncn2)S(=O)(=O)c2ccc3c(Br)cccc3c2)cc1. The molecule has 486 valence electrons. The van der Waals surface area contributed by atoms with E-state index in [1.54, 1.807) is 126 Å². The normalized spacial score (nSPS) is 13.6. The van der Waals surface area contributed by atoms with Gasteiger partial charge in [-0.25, -0.2) is 59.0 Å². The molecule has 0 bridgehead atoms. The smallest absolute Gasteiger partial charge is 0.497 e. The number of methoxy groups -OCH3 is 2.